The van der Waals surface area contributed by atoms with E-state index in [9.17, 15) is 0 Å². The zero-order valence-corrected chi connectivity index (χ0v) is 11.6. The molecule has 17 heavy (non-hydrogen) atoms. The second-order valence-corrected chi connectivity index (χ2v) is 6.42. The second-order valence-electron chi connectivity index (χ2n) is 5.34. The van der Waals surface area contributed by atoms with Crippen LogP contribution in [0.5, 0.6) is 0 Å². The van der Waals surface area contributed by atoms with Crippen LogP contribution in [0.1, 0.15) is 32.8 Å². The molecule has 2 nitrogen and oxygen atoms in total. The fraction of sp³-hybridized carbons (Fsp3) is 0.500. The standard InChI is InChI=1S/C14H20N2S/c1-14(2,3)11-5-7-12(8-6-11)16-13-15-9-4-10-17-13/h5-8H,4,9-10H2,1-3H3,(H,15,16). The molecule has 0 radical (unpaired) electrons. The molecule has 1 N–H and O–H groups in total. The zero-order valence-electron chi connectivity index (χ0n) is 10.8. The van der Waals surface area contributed by atoms with Crippen LogP contribution in [0.2, 0.25) is 0 Å². The summed E-state index contributed by atoms with van der Waals surface area (Å²) in [7, 11) is 0. The number of aliphatic imine (C=N–C) groups is 1. The molecule has 3 heteroatoms. The van der Waals surface area contributed by atoms with Gasteiger partial charge in [0.2, 0.25) is 0 Å². The number of anilines is 1. The van der Waals surface area contributed by atoms with Crippen molar-refractivity contribution in [3.8, 4) is 0 Å². The topological polar surface area (TPSA) is 24.4 Å². The van der Waals surface area contributed by atoms with Gasteiger partial charge in [-0.15, -0.1) is 0 Å². The number of thioether (sulfide) groups is 1. The van der Waals surface area contributed by atoms with Crippen molar-refractivity contribution in [3.63, 3.8) is 0 Å². The number of nitrogens with one attached hydrogen (secondary N) is 1. The normalized spacial score (nSPS) is 16.5. The summed E-state index contributed by atoms with van der Waals surface area (Å²) < 4.78 is 0. The second kappa shape index (κ2) is 5.13. The third kappa shape index (κ3) is 3.50. The minimum absolute atomic E-state index is 0.218. The van der Waals surface area contributed by atoms with Gasteiger partial charge in [-0.1, -0.05) is 44.7 Å². The molecule has 92 valence electrons. The molecular weight excluding hydrogens is 228 g/mol. The lowest BCUT2D eigenvalue weighted by molar-refractivity contribution is 0.590. The maximum atomic E-state index is 4.46. The first-order valence-electron chi connectivity index (χ1n) is 6.10. The first-order chi connectivity index (χ1) is 8.05. The molecule has 0 aromatic heterocycles. The van der Waals surface area contributed by atoms with Gasteiger partial charge in [0, 0.05) is 18.0 Å². The molecule has 0 saturated carbocycles. The van der Waals surface area contributed by atoms with Crippen molar-refractivity contribution >= 4 is 22.6 Å². The summed E-state index contributed by atoms with van der Waals surface area (Å²) in [6.45, 7) is 7.65. The van der Waals surface area contributed by atoms with Crippen molar-refractivity contribution in [1.29, 1.82) is 0 Å². The van der Waals surface area contributed by atoms with Crippen molar-refractivity contribution in [2.75, 3.05) is 17.6 Å². The fourth-order valence-electron chi connectivity index (χ4n) is 1.71. The summed E-state index contributed by atoms with van der Waals surface area (Å²) in [6, 6.07) is 8.66. The van der Waals surface area contributed by atoms with Gasteiger partial charge >= 0.3 is 0 Å². The lowest BCUT2D eigenvalue weighted by atomic mass is 9.87. The fourth-order valence-corrected chi connectivity index (χ4v) is 2.55. The van der Waals surface area contributed by atoms with Crippen LogP contribution in [0.25, 0.3) is 0 Å². The van der Waals surface area contributed by atoms with Crippen LogP contribution in [0.4, 0.5) is 5.69 Å². The van der Waals surface area contributed by atoms with E-state index in [0.29, 0.717) is 0 Å². The Morgan fingerprint density at radius 3 is 2.41 bits per heavy atom. The highest BCUT2D eigenvalue weighted by Crippen LogP contribution is 2.24. The first kappa shape index (κ1) is 12.5. The number of nitrogens with zero attached hydrogens (tertiary/aromatic N) is 1. The Balaban J connectivity index is 2.05. The van der Waals surface area contributed by atoms with E-state index in [1.807, 2.05) is 0 Å². The number of rotatable bonds is 1. The third-order valence-corrected chi connectivity index (χ3v) is 3.80. The summed E-state index contributed by atoms with van der Waals surface area (Å²) in [6.07, 6.45) is 1.19. The summed E-state index contributed by atoms with van der Waals surface area (Å²) >= 11 is 1.81. The SMILES string of the molecule is CC(C)(C)c1ccc(NC2=NCCCS2)cc1. The Morgan fingerprint density at radius 2 is 1.88 bits per heavy atom. The van der Waals surface area contributed by atoms with E-state index in [1.165, 1.54) is 17.7 Å². The molecule has 1 aromatic carbocycles. The van der Waals surface area contributed by atoms with Gasteiger partial charge in [0.25, 0.3) is 0 Å². The van der Waals surface area contributed by atoms with E-state index in [1.54, 1.807) is 11.8 Å². The van der Waals surface area contributed by atoms with Gasteiger partial charge in [0.15, 0.2) is 5.17 Å². The highest BCUT2D eigenvalue weighted by atomic mass is 32.2. The largest absolute Gasteiger partial charge is 0.335 e. The maximum Gasteiger partial charge on any atom is 0.161 e. The Labute approximate surface area is 108 Å². The summed E-state index contributed by atoms with van der Waals surface area (Å²) in [4.78, 5) is 4.46. The van der Waals surface area contributed by atoms with E-state index in [0.717, 1.165) is 17.4 Å². The van der Waals surface area contributed by atoms with Gasteiger partial charge in [-0.25, -0.2) is 0 Å². The smallest absolute Gasteiger partial charge is 0.161 e. The van der Waals surface area contributed by atoms with Gasteiger partial charge < -0.3 is 5.32 Å². The highest BCUT2D eigenvalue weighted by Gasteiger charge is 2.13. The van der Waals surface area contributed by atoms with Gasteiger partial charge in [-0.05, 0) is 29.5 Å². The van der Waals surface area contributed by atoms with E-state index >= 15 is 0 Å². The molecule has 1 aliphatic heterocycles. The Morgan fingerprint density at radius 1 is 1.18 bits per heavy atom. The quantitative estimate of drug-likeness (QED) is 0.815. The molecule has 1 aliphatic rings. The van der Waals surface area contributed by atoms with Crippen molar-refractivity contribution in [2.45, 2.75) is 32.6 Å². The number of hydrogen-bond acceptors (Lipinski definition) is 3. The van der Waals surface area contributed by atoms with Crippen LogP contribution in [0.15, 0.2) is 29.3 Å². The number of amidine groups is 1. The average molecular weight is 248 g/mol. The van der Waals surface area contributed by atoms with E-state index in [2.05, 4.69) is 55.3 Å². The molecule has 1 aromatic rings. The maximum absolute atomic E-state index is 4.46. The summed E-state index contributed by atoms with van der Waals surface area (Å²) in [5, 5.41) is 4.43. The lowest BCUT2D eigenvalue weighted by Gasteiger charge is -2.19. The van der Waals surface area contributed by atoms with Crippen molar-refractivity contribution in [3.05, 3.63) is 29.8 Å². The first-order valence-corrected chi connectivity index (χ1v) is 7.09. The Hall–Kier alpha value is -0.960. The third-order valence-electron chi connectivity index (χ3n) is 2.80. The molecule has 0 aliphatic carbocycles. The molecule has 0 bridgehead atoms. The van der Waals surface area contributed by atoms with Crippen LogP contribution in [-0.2, 0) is 5.41 Å². The highest BCUT2D eigenvalue weighted by molar-refractivity contribution is 8.14. The molecule has 0 fully saturated rings. The monoisotopic (exact) mass is 248 g/mol. The summed E-state index contributed by atoms with van der Waals surface area (Å²) in [5.74, 6) is 1.17. The Bertz CT molecular complexity index is 401. The van der Waals surface area contributed by atoms with E-state index in [-0.39, 0.29) is 5.41 Å². The zero-order chi connectivity index (χ0) is 12.3. The molecule has 1 heterocycles. The van der Waals surface area contributed by atoms with E-state index < -0.39 is 0 Å². The predicted octanol–water partition coefficient (Wildman–Crippen LogP) is 3.89. The summed E-state index contributed by atoms with van der Waals surface area (Å²) in [5.41, 5.74) is 2.71. The van der Waals surface area contributed by atoms with Crippen LogP contribution < -0.4 is 5.32 Å². The predicted molar refractivity (Wildman–Crippen MR) is 78.1 cm³/mol. The van der Waals surface area contributed by atoms with E-state index in [4.69, 9.17) is 0 Å². The number of benzene rings is 1. The minimum atomic E-state index is 0.218. The lowest BCUT2D eigenvalue weighted by Crippen LogP contribution is -2.14. The van der Waals surface area contributed by atoms with Gasteiger partial charge in [-0.2, -0.15) is 0 Å². The van der Waals surface area contributed by atoms with Crippen LogP contribution in [-0.4, -0.2) is 17.5 Å². The molecule has 0 spiro atoms. The van der Waals surface area contributed by atoms with Crippen molar-refractivity contribution in [1.82, 2.24) is 0 Å². The van der Waals surface area contributed by atoms with Gasteiger partial charge in [0.05, 0.1) is 0 Å². The molecule has 0 amide bonds. The van der Waals surface area contributed by atoms with Crippen molar-refractivity contribution < 1.29 is 0 Å². The van der Waals surface area contributed by atoms with Crippen LogP contribution in [0, 0.1) is 0 Å². The minimum Gasteiger partial charge on any atom is -0.335 e. The van der Waals surface area contributed by atoms with Crippen LogP contribution >= 0.6 is 11.8 Å². The van der Waals surface area contributed by atoms with Crippen LogP contribution in [0.3, 0.4) is 0 Å². The van der Waals surface area contributed by atoms with Crippen molar-refractivity contribution in [2.24, 2.45) is 4.99 Å². The Kier molecular flexibility index (Phi) is 3.77. The number of hydrogen-bond donors (Lipinski definition) is 1. The molecule has 0 saturated heterocycles. The molecule has 0 atom stereocenters. The molecule has 2 rings (SSSR count). The van der Waals surface area contributed by atoms with Gasteiger partial charge in [-0.3, -0.25) is 4.99 Å². The molecule has 0 unspecified atom stereocenters. The van der Waals surface area contributed by atoms with Gasteiger partial charge in [0.1, 0.15) is 0 Å². The molecular formula is C14H20N2S. The average Bonchev–Trinajstić information content (AvgIpc) is 2.30.